The zero-order valence-corrected chi connectivity index (χ0v) is 28.9. The second-order valence-corrected chi connectivity index (χ2v) is 14.0. The molecular weight excluding hydrogens is 631 g/mol. The normalized spacial score (nSPS) is 17.2. The van der Waals surface area contributed by atoms with E-state index in [2.05, 4.69) is 186 Å². The molecule has 2 aromatic heterocycles. The molecule has 52 heavy (non-hydrogen) atoms. The minimum atomic E-state index is 0.165. The Bertz CT molecular complexity index is 2810. The highest BCUT2D eigenvalue weighted by Gasteiger charge is 2.27. The Hall–Kier alpha value is -6.45. The number of aromatic nitrogens is 2. The summed E-state index contributed by atoms with van der Waals surface area (Å²) < 4.78 is 4.87. The van der Waals surface area contributed by atoms with Crippen LogP contribution in [-0.2, 0) is 0 Å². The molecule has 2 atom stereocenters. The van der Waals surface area contributed by atoms with E-state index in [0.717, 1.165) is 35.4 Å². The Morgan fingerprint density at radius 1 is 0.577 bits per heavy atom. The third kappa shape index (κ3) is 5.00. The van der Waals surface area contributed by atoms with Crippen LogP contribution >= 0.6 is 0 Å². The molecule has 1 aliphatic heterocycles. The van der Waals surface area contributed by atoms with E-state index in [1.165, 1.54) is 60.4 Å². The zero-order chi connectivity index (χ0) is 34.6. The molecule has 0 amide bonds. The number of rotatable bonds is 6. The first-order valence-corrected chi connectivity index (χ1v) is 18.2. The van der Waals surface area contributed by atoms with Gasteiger partial charge in [0.05, 0.1) is 33.8 Å². The van der Waals surface area contributed by atoms with Crippen molar-refractivity contribution < 1.29 is 0 Å². The number of hydrogen-bond donors (Lipinski definition) is 0. The molecule has 3 heteroatoms. The van der Waals surface area contributed by atoms with Gasteiger partial charge in [0.2, 0.25) is 0 Å². The first-order valence-electron chi connectivity index (χ1n) is 18.2. The SMILES string of the molecule is C=Cc1ccc2c(c1)c1cc(-c3ccc4c(c3)c3ccccc3n4C3=CC(c4ccccc4)=NC(C4C=CC=CC4)C3)ccc1n2-c1ccccc1. The van der Waals surface area contributed by atoms with Crippen LogP contribution < -0.4 is 0 Å². The average molecular weight is 668 g/mol. The molecule has 0 saturated carbocycles. The van der Waals surface area contributed by atoms with Crippen LogP contribution in [0.1, 0.15) is 24.0 Å². The molecule has 0 saturated heterocycles. The number of allylic oxidation sites excluding steroid dienone is 4. The number of dihydropyridines is 1. The zero-order valence-electron chi connectivity index (χ0n) is 28.9. The molecule has 8 aromatic rings. The summed E-state index contributed by atoms with van der Waals surface area (Å²) in [5.41, 5.74) is 13.0. The van der Waals surface area contributed by atoms with Crippen LogP contribution in [0.2, 0.25) is 0 Å². The van der Waals surface area contributed by atoms with Gasteiger partial charge in [-0.3, -0.25) is 4.99 Å². The number of aliphatic imine (C=N–C) groups is 1. The van der Waals surface area contributed by atoms with Gasteiger partial charge in [-0.15, -0.1) is 0 Å². The van der Waals surface area contributed by atoms with Crippen molar-refractivity contribution >= 4 is 61.1 Å². The lowest BCUT2D eigenvalue weighted by molar-refractivity contribution is 0.507. The lowest BCUT2D eigenvalue weighted by Crippen LogP contribution is -2.24. The molecule has 6 aromatic carbocycles. The summed E-state index contributed by atoms with van der Waals surface area (Å²) in [6.07, 6.45) is 15.1. The molecule has 1 aliphatic carbocycles. The molecule has 0 spiro atoms. The quantitative estimate of drug-likeness (QED) is 0.168. The molecule has 0 bridgehead atoms. The molecule has 0 N–H and O–H groups in total. The molecule has 3 heterocycles. The van der Waals surface area contributed by atoms with Crippen molar-refractivity contribution in [3.05, 3.63) is 188 Å². The van der Waals surface area contributed by atoms with Crippen molar-refractivity contribution in [2.24, 2.45) is 10.9 Å². The molecule has 2 unspecified atom stereocenters. The number of benzene rings is 6. The molecule has 248 valence electrons. The van der Waals surface area contributed by atoms with Crippen LogP contribution in [0.3, 0.4) is 0 Å². The maximum Gasteiger partial charge on any atom is 0.0667 e. The third-order valence-electron chi connectivity index (χ3n) is 10.9. The lowest BCUT2D eigenvalue weighted by Gasteiger charge is -2.28. The predicted molar refractivity (Wildman–Crippen MR) is 221 cm³/mol. The largest absolute Gasteiger partial charge is 0.313 e. The van der Waals surface area contributed by atoms with Crippen LogP contribution in [0.4, 0.5) is 0 Å². The molecule has 2 aliphatic rings. The lowest BCUT2D eigenvalue weighted by atomic mass is 9.87. The maximum atomic E-state index is 5.36. The topological polar surface area (TPSA) is 22.2 Å². The summed E-state index contributed by atoms with van der Waals surface area (Å²) in [7, 11) is 0. The van der Waals surface area contributed by atoms with Crippen LogP contribution in [-0.4, -0.2) is 20.9 Å². The molecule has 10 rings (SSSR count). The number of para-hydroxylation sites is 2. The van der Waals surface area contributed by atoms with Gasteiger partial charge in [-0.1, -0.05) is 122 Å². The van der Waals surface area contributed by atoms with E-state index in [1.807, 2.05) is 6.08 Å². The smallest absolute Gasteiger partial charge is 0.0667 e. The van der Waals surface area contributed by atoms with Crippen molar-refractivity contribution in [2.75, 3.05) is 0 Å². The van der Waals surface area contributed by atoms with E-state index < -0.39 is 0 Å². The molecular formula is C49H37N3. The minimum absolute atomic E-state index is 0.165. The standard InChI is InChI=1S/C49H37N3/c1-2-33-22-25-47-41(28-33)43-30-37(24-27-49(43)51(47)38-18-10-5-11-19-38)36-23-26-48-42(29-36)40-20-12-13-21-46(40)52(48)39-31-44(34-14-6-3-7-15-34)50-45(32-39)35-16-8-4-9-17-35/h2-16,18-31,35,45H,1,17,32H2. The summed E-state index contributed by atoms with van der Waals surface area (Å²) in [6, 6.07) is 50.9. The third-order valence-corrected chi connectivity index (χ3v) is 10.9. The van der Waals surface area contributed by atoms with E-state index >= 15 is 0 Å². The van der Waals surface area contributed by atoms with Crippen LogP contribution in [0.5, 0.6) is 0 Å². The number of nitrogens with zero attached hydrogens (tertiary/aromatic N) is 3. The predicted octanol–water partition coefficient (Wildman–Crippen LogP) is 12.4. The second kappa shape index (κ2) is 12.4. The van der Waals surface area contributed by atoms with E-state index in [0.29, 0.717) is 5.92 Å². The van der Waals surface area contributed by atoms with Crippen molar-refractivity contribution in [1.82, 2.24) is 9.13 Å². The van der Waals surface area contributed by atoms with Crippen molar-refractivity contribution in [3.8, 4) is 16.8 Å². The highest BCUT2D eigenvalue weighted by molar-refractivity contribution is 6.16. The Morgan fingerprint density at radius 2 is 1.21 bits per heavy atom. The second-order valence-electron chi connectivity index (χ2n) is 14.0. The van der Waals surface area contributed by atoms with Crippen LogP contribution in [0.15, 0.2) is 181 Å². The van der Waals surface area contributed by atoms with Crippen LogP contribution in [0.25, 0.3) is 72.2 Å². The highest BCUT2D eigenvalue weighted by Crippen LogP contribution is 2.40. The van der Waals surface area contributed by atoms with Crippen molar-refractivity contribution in [2.45, 2.75) is 18.9 Å². The summed E-state index contributed by atoms with van der Waals surface area (Å²) in [5, 5.41) is 4.99. The van der Waals surface area contributed by atoms with Crippen molar-refractivity contribution in [3.63, 3.8) is 0 Å². The first-order chi connectivity index (χ1) is 25.7. The number of fused-ring (bicyclic) bond motifs is 6. The fourth-order valence-electron chi connectivity index (χ4n) is 8.41. The van der Waals surface area contributed by atoms with Gasteiger partial charge in [0, 0.05) is 45.3 Å². The summed E-state index contributed by atoms with van der Waals surface area (Å²) in [6.45, 7) is 4.06. The van der Waals surface area contributed by atoms with Crippen LogP contribution in [0, 0.1) is 5.92 Å². The molecule has 0 radical (unpaired) electrons. The molecule has 3 nitrogen and oxygen atoms in total. The number of hydrogen-bond acceptors (Lipinski definition) is 1. The van der Waals surface area contributed by atoms with Gasteiger partial charge in [0.25, 0.3) is 0 Å². The van der Waals surface area contributed by atoms with Gasteiger partial charge < -0.3 is 9.13 Å². The summed E-state index contributed by atoms with van der Waals surface area (Å²) in [4.78, 5) is 5.36. The van der Waals surface area contributed by atoms with Gasteiger partial charge in [0.1, 0.15) is 0 Å². The minimum Gasteiger partial charge on any atom is -0.313 e. The van der Waals surface area contributed by atoms with E-state index in [-0.39, 0.29) is 6.04 Å². The molecule has 0 fully saturated rings. The highest BCUT2D eigenvalue weighted by atomic mass is 15.0. The average Bonchev–Trinajstić information content (AvgIpc) is 3.73. The van der Waals surface area contributed by atoms with E-state index in [1.54, 1.807) is 0 Å². The Balaban J connectivity index is 1.13. The van der Waals surface area contributed by atoms with Gasteiger partial charge >= 0.3 is 0 Å². The van der Waals surface area contributed by atoms with Gasteiger partial charge in [-0.05, 0) is 89.3 Å². The Kier molecular flexibility index (Phi) is 7.24. The van der Waals surface area contributed by atoms with E-state index in [9.17, 15) is 0 Å². The monoisotopic (exact) mass is 667 g/mol. The van der Waals surface area contributed by atoms with Gasteiger partial charge in [-0.25, -0.2) is 0 Å². The van der Waals surface area contributed by atoms with Gasteiger partial charge in [0.15, 0.2) is 0 Å². The fourth-order valence-corrected chi connectivity index (χ4v) is 8.41. The first kappa shape index (κ1) is 30.4. The Morgan fingerprint density at radius 3 is 1.94 bits per heavy atom. The Labute approximate surface area is 303 Å². The maximum absolute atomic E-state index is 5.36. The van der Waals surface area contributed by atoms with Gasteiger partial charge in [-0.2, -0.15) is 0 Å². The summed E-state index contributed by atoms with van der Waals surface area (Å²) in [5.74, 6) is 0.373. The van der Waals surface area contributed by atoms with E-state index in [4.69, 9.17) is 4.99 Å². The van der Waals surface area contributed by atoms with Crippen molar-refractivity contribution in [1.29, 1.82) is 0 Å². The summed E-state index contributed by atoms with van der Waals surface area (Å²) >= 11 is 0. The fraction of sp³-hybridized carbons (Fsp3) is 0.0816.